The van der Waals surface area contributed by atoms with E-state index in [1.165, 1.54) is 4.90 Å². The van der Waals surface area contributed by atoms with Crippen LogP contribution < -0.4 is 5.73 Å². The molecular formula is C12H16N2O2. The summed E-state index contributed by atoms with van der Waals surface area (Å²) in [5.41, 5.74) is 7.61. The first-order valence-corrected chi connectivity index (χ1v) is 5.50. The zero-order valence-electron chi connectivity index (χ0n) is 9.10. The fourth-order valence-electron chi connectivity index (χ4n) is 2.24. The van der Waals surface area contributed by atoms with Crippen molar-refractivity contribution in [2.75, 3.05) is 18.8 Å². The molecule has 0 saturated carbocycles. The van der Waals surface area contributed by atoms with E-state index in [4.69, 9.17) is 10.8 Å². The van der Waals surface area contributed by atoms with Crippen molar-refractivity contribution in [3.8, 4) is 0 Å². The Morgan fingerprint density at radius 2 is 2.31 bits per heavy atom. The highest BCUT2D eigenvalue weighted by molar-refractivity contribution is 5.65. The van der Waals surface area contributed by atoms with Crippen molar-refractivity contribution in [3.63, 3.8) is 0 Å². The molecule has 1 aliphatic heterocycles. The molecule has 16 heavy (non-hydrogen) atoms. The van der Waals surface area contributed by atoms with Crippen LogP contribution in [0.3, 0.4) is 0 Å². The molecular weight excluding hydrogens is 204 g/mol. The lowest BCUT2D eigenvalue weighted by Crippen LogP contribution is -2.38. The van der Waals surface area contributed by atoms with E-state index in [1.807, 2.05) is 24.3 Å². The Morgan fingerprint density at radius 1 is 1.50 bits per heavy atom. The molecule has 86 valence electrons. The minimum Gasteiger partial charge on any atom is -0.465 e. The number of hydrogen-bond donors (Lipinski definition) is 2. The van der Waals surface area contributed by atoms with Gasteiger partial charge in [0.25, 0.3) is 0 Å². The van der Waals surface area contributed by atoms with Crippen LogP contribution in [-0.4, -0.2) is 29.2 Å². The normalized spacial score (nSPS) is 20.8. The Bertz CT molecular complexity index is 392. The molecule has 3 N–H and O–H groups in total. The zero-order chi connectivity index (χ0) is 11.5. The van der Waals surface area contributed by atoms with Gasteiger partial charge in [0.1, 0.15) is 0 Å². The third kappa shape index (κ3) is 2.27. The van der Waals surface area contributed by atoms with Crippen molar-refractivity contribution in [1.29, 1.82) is 0 Å². The molecule has 1 aliphatic rings. The molecule has 0 aromatic heterocycles. The number of carbonyl (C=O) groups is 1. The highest BCUT2D eigenvalue weighted by atomic mass is 16.4. The van der Waals surface area contributed by atoms with Crippen LogP contribution in [-0.2, 0) is 0 Å². The molecule has 1 aromatic rings. The average Bonchev–Trinajstić information content (AvgIpc) is 2.29. The number of nitrogens with two attached hydrogens (primary N) is 1. The number of benzene rings is 1. The lowest BCUT2D eigenvalue weighted by atomic mass is 9.90. The van der Waals surface area contributed by atoms with E-state index in [2.05, 4.69) is 0 Å². The van der Waals surface area contributed by atoms with Crippen molar-refractivity contribution in [1.82, 2.24) is 4.90 Å². The van der Waals surface area contributed by atoms with E-state index < -0.39 is 6.09 Å². The molecule has 0 aliphatic carbocycles. The lowest BCUT2D eigenvalue weighted by Gasteiger charge is -2.31. The summed E-state index contributed by atoms with van der Waals surface area (Å²) in [5.74, 6) is 0.286. The molecule has 1 amide bonds. The lowest BCUT2D eigenvalue weighted by molar-refractivity contribution is 0.130. The van der Waals surface area contributed by atoms with Crippen molar-refractivity contribution >= 4 is 11.8 Å². The van der Waals surface area contributed by atoms with E-state index in [0.717, 1.165) is 24.1 Å². The van der Waals surface area contributed by atoms with Crippen molar-refractivity contribution in [2.24, 2.45) is 0 Å². The molecule has 2 rings (SSSR count). The van der Waals surface area contributed by atoms with Gasteiger partial charge in [-0.2, -0.15) is 0 Å². The highest BCUT2D eigenvalue weighted by Gasteiger charge is 2.24. The summed E-state index contributed by atoms with van der Waals surface area (Å²) >= 11 is 0. The van der Waals surface area contributed by atoms with Gasteiger partial charge < -0.3 is 15.7 Å². The first kappa shape index (κ1) is 10.8. The molecule has 1 unspecified atom stereocenters. The quantitative estimate of drug-likeness (QED) is 0.712. The molecule has 1 heterocycles. The minimum atomic E-state index is -0.825. The summed E-state index contributed by atoms with van der Waals surface area (Å²) in [7, 11) is 0. The van der Waals surface area contributed by atoms with Gasteiger partial charge in [-0.25, -0.2) is 4.79 Å². The number of likely N-dealkylation sites (tertiary alicyclic amines) is 1. The number of amides is 1. The van der Waals surface area contributed by atoms with Gasteiger partial charge in [-0.3, -0.25) is 0 Å². The molecule has 1 aromatic carbocycles. The first-order valence-electron chi connectivity index (χ1n) is 5.50. The maximum atomic E-state index is 10.9. The Morgan fingerprint density at radius 3 is 3.00 bits per heavy atom. The third-order valence-electron chi connectivity index (χ3n) is 3.07. The summed E-state index contributed by atoms with van der Waals surface area (Å²) in [6, 6.07) is 7.73. The zero-order valence-corrected chi connectivity index (χ0v) is 9.10. The summed E-state index contributed by atoms with van der Waals surface area (Å²) in [4.78, 5) is 12.4. The summed E-state index contributed by atoms with van der Waals surface area (Å²) in [6.45, 7) is 1.23. The van der Waals surface area contributed by atoms with Crippen LogP contribution in [0.15, 0.2) is 24.3 Å². The first-order chi connectivity index (χ1) is 7.66. The monoisotopic (exact) mass is 220 g/mol. The summed E-state index contributed by atoms with van der Waals surface area (Å²) < 4.78 is 0. The average molecular weight is 220 g/mol. The van der Waals surface area contributed by atoms with Crippen LogP contribution in [0, 0.1) is 0 Å². The van der Waals surface area contributed by atoms with Crippen LogP contribution in [0.25, 0.3) is 0 Å². The molecule has 0 bridgehead atoms. The maximum Gasteiger partial charge on any atom is 0.407 e. The maximum absolute atomic E-state index is 10.9. The minimum absolute atomic E-state index is 0.286. The number of hydrogen-bond acceptors (Lipinski definition) is 2. The van der Waals surface area contributed by atoms with Gasteiger partial charge in [-0.1, -0.05) is 12.1 Å². The van der Waals surface area contributed by atoms with E-state index in [1.54, 1.807) is 0 Å². The Kier molecular flexibility index (Phi) is 2.99. The van der Waals surface area contributed by atoms with Crippen LogP contribution in [0.4, 0.5) is 10.5 Å². The van der Waals surface area contributed by atoms with Gasteiger partial charge in [0.05, 0.1) is 0 Å². The Hall–Kier alpha value is -1.71. The van der Waals surface area contributed by atoms with Crippen LogP contribution in [0.1, 0.15) is 24.3 Å². The summed E-state index contributed by atoms with van der Waals surface area (Å²) in [5, 5.41) is 8.96. The predicted octanol–water partition coefficient (Wildman–Crippen LogP) is 2.13. The van der Waals surface area contributed by atoms with Crippen molar-refractivity contribution in [2.45, 2.75) is 18.8 Å². The van der Waals surface area contributed by atoms with Gasteiger partial charge in [-0.15, -0.1) is 0 Å². The predicted molar refractivity (Wildman–Crippen MR) is 62.4 cm³/mol. The number of rotatable bonds is 1. The molecule has 0 radical (unpaired) electrons. The van der Waals surface area contributed by atoms with E-state index in [9.17, 15) is 4.79 Å². The van der Waals surface area contributed by atoms with Crippen LogP contribution >= 0.6 is 0 Å². The number of nitrogen functional groups attached to an aromatic ring is 1. The number of anilines is 1. The molecule has 1 saturated heterocycles. The molecule has 1 fully saturated rings. The number of carboxylic acid groups (broad SMARTS) is 1. The van der Waals surface area contributed by atoms with Crippen molar-refractivity contribution in [3.05, 3.63) is 29.8 Å². The number of nitrogens with zero attached hydrogens (tertiary/aromatic N) is 1. The largest absolute Gasteiger partial charge is 0.465 e. The molecule has 4 nitrogen and oxygen atoms in total. The fraction of sp³-hybridized carbons (Fsp3) is 0.417. The Balaban J connectivity index is 2.12. The van der Waals surface area contributed by atoms with Gasteiger partial charge in [-0.05, 0) is 30.5 Å². The highest BCUT2D eigenvalue weighted by Crippen LogP contribution is 2.27. The number of piperidine rings is 1. The molecule has 0 spiro atoms. The van der Waals surface area contributed by atoms with Gasteiger partial charge in [0, 0.05) is 24.7 Å². The van der Waals surface area contributed by atoms with Crippen LogP contribution in [0.2, 0.25) is 0 Å². The second kappa shape index (κ2) is 4.43. The smallest absolute Gasteiger partial charge is 0.407 e. The van der Waals surface area contributed by atoms with Gasteiger partial charge in [0.15, 0.2) is 0 Å². The molecule has 1 atom stereocenters. The molecule has 4 heteroatoms. The van der Waals surface area contributed by atoms with Gasteiger partial charge in [0.2, 0.25) is 0 Å². The second-order valence-corrected chi connectivity index (χ2v) is 4.24. The van der Waals surface area contributed by atoms with Gasteiger partial charge >= 0.3 is 6.09 Å². The summed E-state index contributed by atoms with van der Waals surface area (Å²) in [6.07, 6.45) is 1.13. The third-order valence-corrected chi connectivity index (χ3v) is 3.07. The van der Waals surface area contributed by atoms with E-state index in [0.29, 0.717) is 13.1 Å². The van der Waals surface area contributed by atoms with Crippen molar-refractivity contribution < 1.29 is 9.90 Å². The van der Waals surface area contributed by atoms with E-state index >= 15 is 0 Å². The second-order valence-electron chi connectivity index (χ2n) is 4.24. The fourth-order valence-corrected chi connectivity index (χ4v) is 2.24. The Labute approximate surface area is 94.7 Å². The SMILES string of the molecule is Nc1cccc(C2CCCN(C(=O)O)C2)c1. The standard InChI is InChI=1S/C12H16N2O2/c13-11-5-1-3-9(7-11)10-4-2-6-14(8-10)12(15)16/h1,3,5,7,10H,2,4,6,8,13H2,(H,15,16). The topological polar surface area (TPSA) is 66.6 Å². The van der Waals surface area contributed by atoms with Crippen LogP contribution in [0.5, 0.6) is 0 Å². The van der Waals surface area contributed by atoms with E-state index in [-0.39, 0.29) is 5.92 Å².